The Balaban J connectivity index is -0.000000309. The molecule has 0 bridgehead atoms. The molecule has 0 saturated heterocycles. The summed E-state index contributed by atoms with van der Waals surface area (Å²) in [6, 6.07) is 0. The van der Waals surface area contributed by atoms with Gasteiger partial charge in [-0.3, -0.25) is 0 Å². The molecule has 22 atom stereocenters. The van der Waals surface area contributed by atoms with Crippen molar-refractivity contribution in [3.63, 3.8) is 0 Å². The van der Waals surface area contributed by atoms with Crippen LogP contribution in [0.3, 0.4) is 0 Å². The van der Waals surface area contributed by atoms with Crippen molar-refractivity contribution < 1.29 is 194 Å². The summed E-state index contributed by atoms with van der Waals surface area (Å²) in [6.07, 6.45) is 24.7. The van der Waals surface area contributed by atoms with Gasteiger partial charge in [0.1, 0.15) is 0 Å². The average molecular weight is 2270 g/mol. The Labute approximate surface area is 1020 Å². The van der Waals surface area contributed by atoms with Gasteiger partial charge in [0.2, 0.25) is 0 Å². The normalized spacial score (nSPS) is 29.1. The third-order valence-corrected chi connectivity index (χ3v) is 41.9. The van der Waals surface area contributed by atoms with Crippen molar-refractivity contribution >= 4 is 116 Å². The minimum Gasteiger partial charge on any atom is -0.412 e. The maximum absolute atomic E-state index is 6.83. The predicted molar refractivity (Wildman–Crippen MR) is 652 cm³/mol. The van der Waals surface area contributed by atoms with E-state index in [1.165, 1.54) is 103 Å². The smallest absolute Gasteiger partial charge is 0.412 e. The summed E-state index contributed by atoms with van der Waals surface area (Å²) in [4.78, 5) is 0. The van der Waals surface area contributed by atoms with Gasteiger partial charge in [0.25, 0.3) is 0 Å². The van der Waals surface area contributed by atoms with Crippen molar-refractivity contribution in [3.8, 4) is 0 Å². The van der Waals surface area contributed by atoms with E-state index < -0.39 is 116 Å². The summed E-state index contributed by atoms with van der Waals surface area (Å²) in [6.45, 7) is 143. The van der Waals surface area contributed by atoms with Crippen LogP contribution >= 0.6 is 0 Å². The fraction of sp³-hybridized carbons (Fsp3) is 1.00. The topological polar surface area (TPSA) is 129 Å². The number of unbranched alkanes of at least 4 members (excludes halogenated alkanes) is 2. The number of hydrogen-bond acceptors (Lipinski definition) is 14. The van der Waals surface area contributed by atoms with Crippen LogP contribution in [0, 0.1) is 118 Å². The number of hydrogen-bond donors (Lipinski definition) is 0. The summed E-state index contributed by atoms with van der Waals surface area (Å²) in [7, 11) is -21.2. The summed E-state index contributed by atoms with van der Waals surface area (Å²) in [5.41, 5.74) is 0. The van der Waals surface area contributed by atoms with Gasteiger partial charge in [-0.15, -0.1) is 0 Å². The minimum atomic E-state index is -1.62. The van der Waals surface area contributed by atoms with Crippen LogP contribution < -0.4 is 132 Å². The third-order valence-electron chi connectivity index (χ3n) is 28.0. The van der Waals surface area contributed by atoms with Gasteiger partial charge in [-0.1, -0.05) is 171 Å². The second-order valence-electron chi connectivity index (χ2n) is 61.6. The molecular weight excluding hydrogens is 2010 g/mol. The van der Waals surface area contributed by atoms with Crippen molar-refractivity contribution in [3.05, 3.63) is 0 Å². The first-order chi connectivity index (χ1) is 62.5. The third kappa shape index (κ3) is 69.9. The molecule has 0 aromatic heterocycles. The van der Waals surface area contributed by atoms with Crippen molar-refractivity contribution in [2.45, 2.75) is 602 Å². The molecule has 0 aromatic carbocycles. The zero-order valence-corrected chi connectivity index (χ0v) is 127. The Hall–Kier alpha value is 6.66. The van der Waals surface area contributed by atoms with Gasteiger partial charge in [0.05, 0.1) is 85.5 Å². The van der Waals surface area contributed by atoms with Crippen LogP contribution in [0.4, 0.5) is 0 Å². The van der Waals surface area contributed by atoms with E-state index in [-0.39, 0.29) is 144 Å². The molecule has 35 heteroatoms. The molecule has 0 radical (unpaired) electrons. The average Bonchev–Trinajstić information content (AvgIpc) is 1.60. The Morgan fingerprint density at radius 3 is 0.673 bits per heavy atom. The van der Waals surface area contributed by atoms with Crippen molar-refractivity contribution in [2.75, 3.05) is 0 Å². The van der Waals surface area contributed by atoms with Crippen molar-refractivity contribution in [2.24, 2.45) is 118 Å². The van der Waals surface area contributed by atoms with Crippen LogP contribution in [0.5, 0.6) is 0 Å². The van der Waals surface area contributed by atoms with Crippen LogP contribution in [0.1, 0.15) is 241 Å². The summed E-state index contributed by atoms with van der Waals surface area (Å²) < 4.78 is 91.5. The molecule has 7 aliphatic rings. The first-order valence-corrected chi connectivity index (χ1v) is 106. The Bertz CT molecular complexity index is 3200. The summed E-state index contributed by atoms with van der Waals surface area (Å²) in [5.74, 6) is 13.6. The van der Waals surface area contributed by atoms with Gasteiger partial charge in [-0.25, -0.2) is 0 Å². The van der Waals surface area contributed by atoms with E-state index in [2.05, 4.69) is 413 Å². The maximum atomic E-state index is 6.83. The first kappa shape index (κ1) is 166. The summed E-state index contributed by atoms with van der Waals surface area (Å²) in [5, 5.41) is 0. The molecule has 7 fully saturated rings. The van der Waals surface area contributed by atoms with Crippen LogP contribution in [0.2, 0.25) is 275 Å². The molecular formula is C112H252Li7O14Si14+7. The molecule has 7 saturated carbocycles. The Morgan fingerprint density at radius 2 is 0.408 bits per heavy atom. The van der Waals surface area contributed by atoms with Crippen LogP contribution in [0.25, 0.3) is 0 Å². The Morgan fingerprint density at radius 1 is 0.177 bits per heavy atom. The van der Waals surface area contributed by atoms with Gasteiger partial charge < -0.3 is 62.0 Å². The fourth-order valence-electron chi connectivity index (χ4n) is 23.5. The first-order valence-electron chi connectivity index (χ1n) is 58.0. The molecule has 7 aliphatic carbocycles. The zero-order chi connectivity index (χ0) is 110. The molecule has 0 aromatic rings. The number of rotatable bonds is 43. The van der Waals surface area contributed by atoms with Gasteiger partial charge >= 0.3 is 132 Å². The quantitative estimate of drug-likeness (QED) is 0.0537. The maximum Gasteiger partial charge on any atom is 1.00 e. The largest absolute Gasteiger partial charge is 1.00 e. The van der Waals surface area contributed by atoms with Crippen molar-refractivity contribution in [1.82, 2.24) is 0 Å². The predicted octanol–water partition coefficient (Wildman–Crippen LogP) is 15.1. The molecule has 0 N–H and O–H groups in total. The minimum absolute atomic E-state index is 0. The molecule has 0 spiro atoms. The Kier molecular flexibility index (Phi) is 80.2. The van der Waals surface area contributed by atoms with Gasteiger partial charge in [0, 0.05) is 0 Å². The van der Waals surface area contributed by atoms with Gasteiger partial charge in [0.15, 0.2) is 116 Å². The van der Waals surface area contributed by atoms with Crippen molar-refractivity contribution in [1.29, 1.82) is 0 Å². The molecule has 147 heavy (non-hydrogen) atoms. The molecule has 840 valence electrons. The van der Waals surface area contributed by atoms with E-state index >= 15 is 0 Å². The van der Waals surface area contributed by atoms with Crippen LogP contribution in [-0.4, -0.2) is 202 Å². The molecule has 0 aliphatic heterocycles. The van der Waals surface area contributed by atoms with E-state index in [1.807, 2.05) is 0 Å². The molecule has 22 unspecified atom stereocenters. The van der Waals surface area contributed by atoms with E-state index in [4.69, 9.17) is 62.0 Å². The second-order valence-corrected chi connectivity index (χ2v) is 124. The van der Waals surface area contributed by atoms with Gasteiger partial charge in [-0.2, -0.15) is 0 Å². The van der Waals surface area contributed by atoms with Crippen LogP contribution in [0.15, 0.2) is 0 Å². The van der Waals surface area contributed by atoms with E-state index in [0.29, 0.717) is 162 Å². The fourth-order valence-corrected chi connectivity index (χ4v) is 39.4. The van der Waals surface area contributed by atoms with E-state index in [9.17, 15) is 0 Å². The molecule has 14 nitrogen and oxygen atoms in total. The monoisotopic (exact) mass is 2260 g/mol. The zero-order valence-electron chi connectivity index (χ0n) is 113. The molecule has 0 heterocycles. The van der Waals surface area contributed by atoms with E-state index in [0.717, 1.165) is 29.6 Å². The van der Waals surface area contributed by atoms with Crippen LogP contribution in [-0.2, 0) is 62.0 Å². The SMILES string of the molecule is CC(C)C1C(O[Si](C)(C)C)C(O[Si](C)(C)C)C(C(C)C)C1C(C)C.CC(C)C1CC(C(C)C)C(O[Si](C)(C)C)C1O[Si](C)(C)C.CC(C)C1CC(O[Si](C)(C)C)C(O[Si](C)(C)C)C1.CC(C)C1CC(O[Si](C)(C)C)C(O[Si](C)(C)C)C1C(C)C.CC(C)C1CCC(O[Si](C)(C)C)C1O[Si](C)(C)C.CCCCC1CC(O[Si](C)(C)C)C(O[Si](C)(C)C)C1.CCCCC1CCC(O[Si](C)(C)C)C1O[Si](C)(C)C.[Li+].[Li+].[Li+].[Li+].[Li+].[Li+].[Li+]. The molecule has 7 rings (SSSR count). The summed E-state index contributed by atoms with van der Waals surface area (Å²) >= 11 is 0. The standard InChI is InChI=1S/C20H44O2Si2.2C17H38O2Si2.2C15H34O2Si2.2C14H32O2Si2.7Li/c1-13(2)16-17(14(3)4)19(21-23(7,8)9)20(18(16)15(5)6)22-24(10,11)12;1-12(2)14-11-15(18-20(5,6)7)17(16(14)13(3)4)19-21(8,9)10;1-12(2)14-11-15(13(3)4)17(19-21(8,9)10)16(14)18-20(5,6)7;1-8-9-10-13-11-14(16-18(2,3)4)15(12-13)17-19(5,6)7;1-8-9-10-13-11-12-14(16-18(2,3)4)15(13)17-19(5,6)7;1-11(2)12-9-13(15-17(3,4)5)14(10-12)16-18(6,7)8;1-11(2)12-9-10-13(15-17(3,4)5)14(12)16-18(6,7)8;;;;;;;/h13-20H,1-12H3;2*12-17H,11H2,1-10H3;2*13-15H,8-12H2,1-7H3;2*11-14H,9-10H2,1-8H3;;;;;;;/q;;;;;;;7*+1. The molecule has 0 amide bonds. The van der Waals surface area contributed by atoms with Gasteiger partial charge in [-0.05, 0) is 464 Å². The van der Waals surface area contributed by atoms with E-state index in [1.54, 1.807) is 0 Å². The second kappa shape index (κ2) is 70.8.